The lowest BCUT2D eigenvalue weighted by Crippen LogP contribution is -2.24. The van der Waals surface area contributed by atoms with E-state index in [-0.39, 0.29) is 12.5 Å². The SMILES string of the molecule is O=C(O)CCC1CN2CCSC2=N1. The number of nitrogens with zero attached hydrogens (tertiary/aromatic N) is 2. The van der Waals surface area contributed by atoms with E-state index in [0.717, 1.165) is 24.0 Å². The van der Waals surface area contributed by atoms with Gasteiger partial charge in [-0.3, -0.25) is 9.79 Å². The number of rotatable bonds is 3. The van der Waals surface area contributed by atoms with Crippen LogP contribution < -0.4 is 0 Å². The minimum atomic E-state index is -0.722. The lowest BCUT2D eigenvalue weighted by molar-refractivity contribution is -0.137. The fourth-order valence-electron chi connectivity index (χ4n) is 1.62. The second kappa shape index (κ2) is 3.57. The van der Waals surface area contributed by atoms with Crippen LogP contribution in [0.1, 0.15) is 12.8 Å². The molecule has 72 valence electrons. The average Bonchev–Trinajstić information content (AvgIpc) is 2.58. The van der Waals surface area contributed by atoms with Crippen LogP contribution in [-0.4, -0.2) is 46.0 Å². The summed E-state index contributed by atoms with van der Waals surface area (Å²) in [5.74, 6) is 0.407. The van der Waals surface area contributed by atoms with E-state index in [1.807, 2.05) is 0 Å². The van der Waals surface area contributed by atoms with Crippen molar-refractivity contribution < 1.29 is 9.90 Å². The van der Waals surface area contributed by atoms with E-state index in [1.54, 1.807) is 11.8 Å². The van der Waals surface area contributed by atoms with Crippen LogP contribution in [0.4, 0.5) is 0 Å². The molecule has 2 rings (SSSR count). The number of hydrogen-bond acceptors (Lipinski definition) is 4. The minimum Gasteiger partial charge on any atom is -0.481 e. The lowest BCUT2D eigenvalue weighted by atomic mass is 10.2. The molecule has 0 aromatic carbocycles. The standard InChI is InChI=1S/C8H12N2O2S/c11-7(12)2-1-6-5-10-3-4-13-8(10)9-6/h6H,1-5H2,(H,11,12). The molecule has 0 saturated carbocycles. The van der Waals surface area contributed by atoms with Crippen molar-refractivity contribution in [1.29, 1.82) is 0 Å². The summed E-state index contributed by atoms with van der Waals surface area (Å²) < 4.78 is 0. The highest BCUT2D eigenvalue weighted by molar-refractivity contribution is 8.14. The molecule has 0 spiro atoms. The van der Waals surface area contributed by atoms with Gasteiger partial charge in [-0.15, -0.1) is 0 Å². The number of aliphatic imine (C=N–C) groups is 1. The van der Waals surface area contributed by atoms with Gasteiger partial charge in [0.05, 0.1) is 6.04 Å². The third-order valence-electron chi connectivity index (χ3n) is 2.28. The van der Waals surface area contributed by atoms with Crippen molar-refractivity contribution in [2.45, 2.75) is 18.9 Å². The monoisotopic (exact) mass is 200 g/mol. The molecule has 1 unspecified atom stereocenters. The highest BCUT2D eigenvalue weighted by atomic mass is 32.2. The van der Waals surface area contributed by atoms with Gasteiger partial charge in [0, 0.05) is 25.3 Å². The number of hydrogen-bond donors (Lipinski definition) is 1. The Morgan fingerprint density at radius 2 is 2.62 bits per heavy atom. The third kappa shape index (κ3) is 1.96. The van der Waals surface area contributed by atoms with E-state index in [4.69, 9.17) is 5.11 Å². The molecule has 4 nitrogen and oxygen atoms in total. The molecule has 0 radical (unpaired) electrons. The Kier molecular flexibility index (Phi) is 2.44. The van der Waals surface area contributed by atoms with E-state index in [1.165, 1.54) is 0 Å². The van der Waals surface area contributed by atoms with Crippen molar-refractivity contribution in [2.75, 3.05) is 18.8 Å². The van der Waals surface area contributed by atoms with Crippen LogP contribution in [0.25, 0.3) is 0 Å². The summed E-state index contributed by atoms with van der Waals surface area (Å²) in [7, 11) is 0. The van der Waals surface area contributed by atoms with Gasteiger partial charge < -0.3 is 10.0 Å². The van der Waals surface area contributed by atoms with Gasteiger partial charge in [0.1, 0.15) is 0 Å². The largest absolute Gasteiger partial charge is 0.481 e. The molecule has 1 saturated heterocycles. The molecular weight excluding hydrogens is 188 g/mol. The normalized spacial score (nSPS) is 26.0. The van der Waals surface area contributed by atoms with Crippen LogP contribution in [-0.2, 0) is 4.79 Å². The van der Waals surface area contributed by atoms with Crippen LogP contribution in [0.3, 0.4) is 0 Å². The maximum absolute atomic E-state index is 10.3. The molecule has 0 bridgehead atoms. The number of carboxylic acid groups (broad SMARTS) is 1. The van der Waals surface area contributed by atoms with Gasteiger partial charge in [0.2, 0.25) is 0 Å². The third-order valence-corrected chi connectivity index (χ3v) is 3.29. The van der Waals surface area contributed by atoms with Crippen molar-refractivity contribution in [2.24, 2.45) is 4.99 Å². The summed E-state index contributed by atoms with van der Waals surface area (Å²) in [6.45, 7) is 2.00. The van der Waals surface area contributed by atoms with Gasteiger partial charge >= 0.3 is 5.97 Å². The predicted octanol–water partition coefficient (Wildman–Crippen LogP) is 0.638. The zero-order chi connectivity index (χ0) is 9.26. The summed E-state index contributed by atoms with van der Waals surface area (Å²) >= 11 is 1.78. The summed E-state index contributed by atoms with van der Waals surface area (Å²) in [6.07, 6.45) is 0.913. The Labute approximate surface area is 81.0 Å². The summed E-state index contributed by atoms with van der Waals surface area (Å²) in [5.41, 5.74) is 0. The molecule has 5 heteroatoms. The maximum atomic E-state index is 10.3. The molecule has 0 aromatic rings. The van der Waals surface area contributed by atoms with Gasteiger partial charge in [-0.25, -0.2) is 0 Å². The number of thioether (sulfide) groups is 1. The first-order chi connectivity index (χ1) is 6.25. The number of carbonyl (C=O) groups is 1. The Morgan fingerprint density at radius 3 is 3.31 bits per heavy atom. The number of fused-ring (bicyclic) bond motifs is 1. The van der Waals surface area contributed by atoms with Gasteiger partial charge in [-0.2, -0.15) is 0 Å². The molecule has 0 amide bonds. The van der Waals surface area contributed by atoms with Gasteiger partial charge in [0.25, 0.3) is 0 Å². The van der Waals surface area contributed by atoms with Crippen molar-refractivity contribution in [3.8, 4) is 0 Å². The first kappa shape index (κ1) is 8.87. The Morgan fingerprint density at radius 1 is 1.77 bits per heavy atom. The zero-order valence-electron chi connectivity index (χ0n) is 7.27. The van der Waals surface area contributed by atoms with Crippen LogP contribution in [0.2, 0.25) is 0 Å². The molecule has 1 fully saturated rings. The van der Waals surface area contributed by atoms with Crippen LogP contribution in [0, 0.1) is 0 Å². The molecule has 1 atom stereocenters. The summed E-state index contributed by atoms with van der Waals surface area (Å²) in [5, 5.41) is 9.63. The van der Waals surface area contributed by atoms with Crippen molar-refractivity contribution in [3.05, 3.63) is 0 Å². The van der Waals surface area contributed by atoms with Crippen LogP contribution in [0.15, 0.2) is 4.99 Å². The highest BCUT2D eigenvalue weighted by Gasteiger charge is 2.29. The van der Waals surface area contributed by atoms with E-state index >= 15 is 0 Å². The van der Waals surface area contributed by atoms with Gasteiger partial charge in [0.15, 0.2) is 5.17 Å². The van der Waals surface area contributed by atoms with E-state index in [2.05, 4.69) is 9.89 Å². The zero-order valence-corrected chi connectivity index (χ0v) is 8.09. The Hall–Kier alpha value is -0.710. The molecule has 1 N–H and O–H groups in total. The van der Waals surface area contributed by atoms with Crippen molar-refractivity contribution in [1.82, 2.24) is 4.90 Å². The predicted molar refractivity (Wildman–Crippen MR) is 52.1 cm³/mol. The Balaban J connectivity index is 1.84. The molecule has 0 aliphatic carbocycles. The first-order valence-electron chi connectivity index (χ1n) is 4.43. The maximum Gasteiger partial charge on any atom is 0.303 e. The topological polar surface area (TPSA) is 52.9 Å². The second-order valence-corrected chi connectivity index (χ2v) is 4.35. The number of carboxylic acids is 1. The first-order valence-corrected chi connectivity index (χ1v) is 5.41. The average molecular weight is 200 g/mol. The second-order valence-electron chi connectivity index (χ2n) is 3.29. The fourth-order valence-corrected chi connectivity index (χ4v) is 2.69. The fraction of sp³-hybridized carbons (Fsp3) is 0.750. The van der Waals surface area contributed by atoms with E-state index in [0.29, 0.717) is 6.42 Å². The van der Waals surface area contributed by atoms with Gasteiger partial charge in [-0.05, 0) is 6.42 Å². The highest BCUT2D eigenvalue weighted by Crippen LogP contribution is 2.25. The molecule has 2 heterocycles. The molecule has 0 aromatic heterocycles. The molecule has 2 aliphatic heterocycles. The van der Waals surface area contributed by atoms with Crippen molar-refractivity contribution >= 4 is 22.9 Å². The Bertz CT molecular complexity index is 255. The quantitative estimate of drug-likeness (QED) is 0.726. The summed E-state index contributed by atoms with van der Waals surface area (Å²) in [6, 6.07) is 0.221. The molecular formula is C8H12N2O2S. The number of aliphatic carboxylic acids is 1. The smallest absolute Gasteiger partial charge is 0.303 e. The van der Waals surface area contributed by atoms with Crippen LogP contribution in [0.5, 0.6) is 0 Å². The summed E-state index contributed by atoms with van der Waals surface area (Å²) in [4.78, 5) is 17.0. The minimum absolute atomic E-state index is 0.221. The van der Waals surface area contributed by atoms with Crippen molar-refractivity contribution in [3.63, 3.8) is 0 Å². The molecule has 2 aliphatic rings. The lowest BCUT2D eigenvalue weighted by Gasteiger charge is -2.11. The van der Waals surface area contributed by atoms with Crippen LogP contribution >= 0.6 is 11.8 Å². The number of amidine groups is 1. The molecule has 13 heavy (non-hydrogen) atoms. The van der Waals surface area contributed by atoms with E-state index < -0.39 is 5.97 Å². The van der Waals surface area contributed by atoms with E-state index in [9.17, 15) is 4.79 Å². The van der Waals surface area contributed by atoms with Gasteiger partial charge in [-0.1, -0.05) is 11.8 Å².